The first-order valence-corrected chi connectivity index (χ1v) is 6.39. The lowest BCUT2D eigenvalue weighted by molar-refractivity contribution is -0.187. The second-order valence-corrected chi connectivity index (χ2v) is 4.43. The number of carbonyl (C=O) groups is 3. The first-order valence-electron chi connectivity index (χ1n) is 6.39. The summed E-state index contributed by atoms with van der Waals surface area (Å²) < 4.78 is 45.9. The van der Waals surface area contributed by atoms with Crippen LogP contribution >= 0.6 is 0 Å². The molecule has 0 fully saturated rings. The Bertz CT molecular complexity index is 401. The number of amides is 1. The van der Waals surface area contributed by atoms with E-state index in [2.05, 4.69) is 9.47 Å². The average Bonchev–Trinajstić information content (AvgIpc) is 2.46. The molecule has 0 aliphatic carbocycles. The van der Waals surface area contributed by atoms with Crippen molar-refractivity contribution in [1.82, 2.24) is 4.90 Å². The van der Waals surface area contributed by atoms with Gasteiger partial charge in [0.25, 0.3) is 0 Å². The molecule has 22 heavy (non-hydrogen) atoms. The van der Waals surface area contributed by atoms with Crippen LogP contribution in [0.4, 0.5) is 13.2 Å². The fourth-order valence-electron chi connectivity index (χ4n) is 1.59. The van der Waals surface area contributed by atoms with Gasteiger partial charge in [-0.15, -0.1) is 0 Å². The Labute approximate surface area is 125 Å². The second kappa shape index (κ2) is 9.23. The molecule has 0 saturated heterocycles. The molecule has 0 aromatic carbocycles. The van der Waals surface area contributed by atoms with Crippen LogP contribution in [-0.4, -0.2) is 62.3 Å². The predicted octanol–water partition coefficient (Wildman–Crippen LogP) is 0.221. The number of alkyl halides is 3. The SMILES string of the molecule is COC(=O)CN(CCCC[C@H](N)C(=O)OC)C(=O)C(F)(F)F. The zero-order valence-electron chi connectivity index (χ0n) is 12.3. The first-order chi connectivity index (χ1) is 10.1. The van der Waals surface area contributed by atoms with E-state index in [0.29, 0.717) is 11.3 Å². The van der Waals surface area contributed by atoms with Crippen molar-refractivity contribution in [2.24, 2.45) is 5.73 Å². The van der Waals surface area contributed by atoms with Crippen molar-refractivity contribution in [3.8, 4) is 0 Å². The lowest BCUT2D eigenvalue weighted by Gasteiger charge is -2.22. The molecule has 10 heteroatoms. The standard InChI is InChI=1S/C12H19F3N2O5/c1-21-9(18)7-17(11(20)12(13,14)15)6-4-3-5-8(16)10(19)22-2/h8H,3-7,16H2,1-2H3/t8-/m0/s1. The Balaban J connectivity index is 4.45. The molecule has 0 unspecified atom stereocenters. The van der Waals surface area contributed by atoms with E-state index in [4.69, 9.17) is 5.73 Å². The number of carbonyl (C=O) groups excluding carboxylic acids is 3. The number of hydrogen-bond donors (Lipinski definition) is 1. The van der Waals surface area contributed by atoms with Crippen LogP contribution in [0.5, 0.6) is 0 Å². The lowest BCUT2D eigenvalue weighted by Crippen LogP contribution is -2.44. The number of esters is 2. The van der Waals surface area contributed by atoms with Crippen LogP contribution in [0.15, 0.2) is 0 Å². The highest BCUT2D eigenvalue weighted by Crippen LogP contribution is 2.19. The molecule has 0 rings (SSSR count). The molecule has 0 spiro atoms. The van der Waals surface area contributed by atoms with Gasteiger partial charge in [0.05, 0.1) is 14.2 Å². The minimum absolute atomic E-state index is 0.142. The van der Waals surface area contributed by atoms with Crippen LogP contribution in [-0.2, 0) is 23.9 Å². The third-order valence-electron chi connectivity index (χ3n) is 2.77. The maximum Gasteiger partial charge on any atom is 0.471 e. The van der Waals surface area contributed by atoms with Gasteiger partial charge in [0.1, 0.15) is 12.6 Å². The van der Waals surface area contributed by atoms with E-state index in [-0.39, 0.29) is 19.4 Å². The topological polar surface area (TPSA) is 98.9 Å². The molecule has 0 aliphatic rings. The zero-order chi connectivity index (χ0) is 17.3. The Hall–Kier alpha value is -1.84. The van der Waals surface area contributed by atoms with Crippen molar-refractivity contribution < 1.29 is 37.0 Å². The van der Waals surface area contributed by atoms with Crippen molar-refractivity contribution in [3.05, 3.63) is 0 Å². The Morgan fingerprint density at radius 3 is 2.18 bits per heavy atom. The second-order valence-electron chi connectivity index (χ2n) is 4.43. The van der Waals surface area contributed by atoms with E-state index in [9.17, 15) is 27.6 Å². The molecule has 1 atom stereocenters. The normalized spacial score (nSPS) is 12.5. The summed E-state index contributed by atoms with van der Waals surface area (Å²) in [5.41, 5.74) is 5.47. The largest absolute Gasteiger partial charge is 0.471 e. The highest BCUT2D eigenvalue weighted by atomic mass is 19.4. The van der Waals surface area contributed by atoms with Gasteiger partial charge >= 0.3 is 24.0 Å². The van der Waals surface area contributed by atoms with Crippen LogP contribution in [0.2, 0.25) is 0 Å². The van der Waals surface area contributed by atoms with Gasteiger partial charge in [-0.05, 0) is 19.3 Å². The predicted molar refractivity (Wildman–Crippen MR) is 68.5 cm³/mol. The number of ether oxygens (including phenoxy) is 2. The summed E-state index contributed by atoms with van der Waals surface area (Å²) in [6.07, 6.45) is -4.45. The van der Waals surface area contributed by atoms with Gasteiger partial charge in [-0.25, -0.2) is 0 Å². The van der Waals surface area contributed by atoms with Gasteiger partial charge < -0.3 is 20.1 Å². The number of methoxy groups -OCH3 is 2. The van der Waals surface area contributed by atoms with Gasteiger partial charge in [0.2, 0.25) is 0 Å². The van der Waals surface area contributed by atoms with E-state index in [1.807, 2.05) is 0 Å². The van der Waals surface area contributed by atoms with E-state index < -0.39 is 36.6 Å². The molecule has 1 amide bonds. The third-order valence-corrected chi connectivity index (χ3v) is 2.77. The van der Waals surface area contributed by atoms with Crippen LogP contribution < -0.4 is 5.73 Å². The highest BCUT2D eigenvalue weighted by Gasteiger charge is 2.42. The first kappa shape index (κ1) is 20.2. The summed E-state index contributed by atoms with van der Waals surface area (Å²) in [4.78, 5) is 33.7. The van der Waals surface area contributed by atoms with Gasteiger partial charge in [-0.1, -0.05) is 0 Å². The summed E-state index contributed by atoms with van der Waals surface area (Å²) in [6, 6.07) is -0.877. The van der Waals surface area contributed by atoms with Crippen LogP contribution in [0.3, 0.4) is 0 Å². The number of unbranched alkanes of at least 4 members (excludes halogenated alkanes) is 1. The van der Waals surface area contributed by atoms with E-state index in [0.717, 1.165) is 7.11 Å². The van der Waals surface area contributed by atoms with E-state index >= 15 is 0 Å². The third kappa shape index (κ3) is 7.25. The van der Waals surface area contributed by atoms with E-state index in [1.165, 1.54) is 7.11 Å². The summed E-state index contributed by atoms with van der Waals surface area (Å²) in [5.74, 6) is -3.70. The number of halogens is 3. The fraction of sp³-hybridized carbons (Fsp3) is 0.750. The fourth-order valence-corrected chi connectivity index (χ4v) is 1.59. The van der Waals surface area contributed by atoms with Crippen molar-refractivity contribution in [1.29, 1.82) is 0 Å². The number of hydrogen-bond acceptors (Lipinski definition) is 6. The smallest absolute Gasteiger partial charge is 0.468 e. The maximum absolute atomic E-state index is 12.4. The number of nitrogens with two attached hydrogens (primary N) is 1. The molecular formula is C12H19F3N2O5. The summed E-state index contributed by atoms with van der Waals surface area (Å²) in [5, 5.41) is 0. The Morgan fingerprint density at radius 2 is 1.73 bits per heavy atom. The van der Waals surface area contributed by atoms with Gasteiger partial charge in [-0.3, -0.25) is 14.4 Å². The minimum Gasteiger partial charge on any atom is -0.468 e. The summed E-state index contributed by atoms with van der Waals surface area (Å²) in [7, 11) is 2.18. The Kier molecular flexibility index (Phi) is 8.46. The quantitative estimate of drug-likeness (QED) is 0.505. The molecule has 0 bridgehead atoms. The van der Waals surface area contributed by atoms with Crippen LogP contribution in [0, 0.1) is 0 Å². The molecule has 0 aliphatic heterocycles. The highest BCUT2D eigenvalue weighted by molar-refractivity contribution is 5.85. The van der Waals surface area contributed by atoms with Gasteiger partial charge in [-0.2, -0.15) is 13.2 Å². The summed E-state index contributed by atoms with van der Waals surface area (Å²) >= 11 is 0. The molecule has 0 radical (unpaired) electrons. The van der Waals surface area contributed by atoms with Gasteiger partial charge in [0.15, 0.2) is 0 Å². The molecular weight excluding hydrogens is 309 g/mol. The monoisotopic (exact) mass is 328 g/mol. The number of rotatable bonds is 8. The minimum atomic E-state index is -5.07. The summed E-state index contributed by atoms with van der Waals surface area (Å²) in [6.45, 7) is -1.10. The molecule has 0 aromatic heterocycles. The molecule has 128 valence electrons. The van der Waals surface area contributed by atoms with Crippen LogP contribution in [0.1, 0.15) is 19.3 Å². The van der Waals surface area contributed by atoms with Crippen molar-refractivity contribution in [2.75, 3.05) is 27.3 Å². The van der Waals surface area contributed by atoms with Crippen molar-refractivity contribution in [3.63, 3.8) is 0 Å². The maximum atomic E-state index is 12.4. The number of nitrogens with zero attached hydrogens (tertiary/aromatic N) is 1. The lowest BCUT2D eigenvalue weighted by atomic mass is 10.1. The van der Waals surface area contributed by atoms with Crippen LogP contribution in [0.25, 0.3) is 0 Å². The van der Waals surface area contributed by atoms with E-state index in [1.54, 1.807) is 0 Å². The molecule has 0 saturated carbocycles. The molecule has 7 nitrogen and oxygen atoms in total. The zero-order valence-corrected chi connectivity index (χ0v) is 12.3. The van der Waals surface area contributed by atoms with Crippen molar-refractivity contribution >= 4 is 17.8 Å². The molecule has 2 N–H and O–H groups in total. The molecule has 0 aromatic rings. The Morgan fingerprint density at radius 1 is 1.14 bits per heavy atom. The van der Waals surface area contributed by atoms with Gasteiger partial charge in [0, 0.05) is 6.54 Å². The average molecular weight is 328 g/mol. The van der Waals surface area contributed by atoms with Crippen molar-refractivity contribution in [2.45, 2.75) is 31.5 Å². The molecule has 0 heterocycles.